The van der Waals surface area contributed by atoms with E-state index >= 15 is 0 Å². The van der Waals surface area contributed by atoms with Gasteiger partial charge in [0.2, 0.25) is 0 Å². The molecule has 0 fully saturated rings. The summed E-state index contributed by atoms with van der Waals surface area (Å²) in [4.78, 5) is 0. The van der Waals surface area contributed by atoms with Gasteiger partial charge in [-0.1, -0.05) is 24.6 Å². The Kier molecular flexibility index (Phi) is 5.83. The van der Waals surface area contributed by atoms with Crippen LogP contribution in [-0.2, 0) is 0 Å². The van der Waals surface area contributed by atoms with Crippen molar-refractivity contribution in [3.05, 3.63) is 53.6 Å². The molecule has 4 nitrogen and oxygen atoms in total. The maximum absolute atomic E-state index is 5.69. The van der Waals surface area contributed by atoms with Crippen LogP contribution in [0, 0.1) is 6.92 Å². The lowest BCUT2D eigenvalue weighted by Gasteiger charge is -2.10. The number of hydrazone groups is 1. The van der Waals surface area contributed by atoms with E-state index in [-0.39, 0.29) is 0 Å². The van der Waals surface area contributed by atoms with Gasteiger partial charge in [-0.2, -0.15) is 5.10 Å². The SMILES string of the molecule is CCCOc1cc(/C=N/Nc2ccc(C)cc2)ccc1OC. The van der Waals surface area contributed by atoms with Gasteiger partial charge in [0.1, 0.15) is 0 Å². The van der Waals surface area contributed by atoms with Gasteiger partial charge in [0.25, 0.3) is 0 Å². The minimum atomic E-state index is 0.665. The van der Waals surface area contributed by atoms with E-state index in [1.165, 1.54) is 5.56 Å². The summed E-state index contributed by atoms with van der Waals surface area (Å²) in [7, 11) is 1.64. The molecule has 0 atom stereocenters. The second-order valence-corrected chi connectivity index (χ2v) is 4.99. The molecule has 2 aromatic rings. The van der Waals surface area contributed by atoms with Gasteiger partial charge in [-0.3, -0.25) is 5.43 Å². The lowest BCUT2D eigenvalue weighted by molar-refractivity contribution is 0.294. The third-order valence-corrected chi connectivity index (χ3v) is 3.11. The number of hydrogen-bond acceptors (Lipinski definition) is 4. The average Bonchev–Trinajstić information content (AvgIpc) is 2.55. The Bertz CT molecular complexity index is 621. The molecular formula is C18H22N2O2. The number of hydrogen-bond donors (Lipinski definition) is 1. The summed E-state index contributed by atoms with van der Waals surface area (Å²) in [5.41, 5.74) is 6.14. The minimum absolute atomic E-state index is 0.665. The van der Waals surface area contributed by atoms with Crippen molar-refractivity contribution < 1.29 is 9.47 Å². The molecule has 1 N–H and O–H groups in total. The van der Waals surface area contributed by atoms with Crippen LogP contribution in [0.2, 0.25) is 0 Å². The number of anilines is 1. The first-order valence-corrected chi connectivity index (χ1v) is 7.39. The molecule has 2 aromatic carbocycles. The standard InChI is InChI=1S/C18H22N2O2/c1-4-11-22-18-12-15(7-10-17(18)21-3)13-19-20-16-8-5-14(2)6-9-16/h5-10,12-13,20H,4,11H2,1-3H3/b19-13+. The topological polar surface area (TPSA) is 42.8 Å². The first-order chi connectivity index (χ1) is 10.7. The molecule has 2 rings (SSSR count). The van der Waals surface area contributed by atoms with Gasteiger partial charge < -0.3 is 9.47 Å². The minimum Gasteiger partial charge on any atom is -0.493 e. The molecule has 0 bridgehead atoms. The Morgan fingerprint density at radius 2 is 1.86 bits per heavy atom. The summed E-state index contributed by atoms with van der Waals surface area (Å²) in [5, 5.41) is 4.25. The van der Waals surface area contributed by atoms with Gasteiger partial charge in [0, 0.05) is 0 Å². The number of ether oxygens (including phenoxy) is 2. The number of rotatable bonds is 7. The summed E-state index contributed by atoms with van der Waals surface area (Å²) >= 11 is 0. The number of nitrogens with zero attached hydrogens (tertiary/aromatic N) is 1. The van der Waals surface area contributed by atoms with Crippen molar-refractivity contribution in [3.8, 4) is 11.5 Å². The summed E-state index contributed by atoms with van der Waals surface area (Å²) < 4.78 is 11.0. The number of nitrogens with one attached hydrogen (secondary N) is 1. The molecule has 4 heteroatoms. The van der Waals surface area contributed by atoms with Crippen LogP contribution in [0.15, 0.2) is 47.6 Å². The first kappa shape index (κ1) is 15.9. The first-order valence-electron chi connectivity index (χ1n) is 7.39. The van der Waals surface area contributed by atoms with E-state index in [0.29, 0.717) is 6.61 Å². The third-order valence-electron chi connectivity index (χ3n) is 3.11. The lowest BCUT2D eigenvalue weighted by Crippen LogP contribution is -1.99. The van der Waals surface area contributed by atoms with E-state index in [2.05, 4.69) is 24.4 Å². The second-order valence-electron chi connectivity index (χ2n) is 4.99. The van der Waals surface area contributed by atoms with Crippen LogP contribution in [0.3, 0.4) is 0 Å². The Hall–Kier alpha value is -2.49. The Labute approximate surface area is 131 Å². The zero-order valence-corrected chi connectivity index (χ0v) is 13.3. The highest BCUT2D eigenvalue weighted by atomic mass is 16.5. The molecule has 0 aliphatic heterocycles. The van der Waals surface area contributed by atoms with Crippen LogP contribution in [0.1, 0.15) is 24.5 Å². The van der Waals surface area contributed by atoms with E-state index in [4.69, 9.17) is 9.47 Å². The Balaban J connectivity index is 2.05. The highest BCUT2D eigenvalue weighted by Gasteiger charge is 2.04. The highest BCUT2D eigenvalue weighted by molar-refractivity contribution is 5.81. The van der Waals surface area contributed by atoms with E-state index < -0.39 is 0 Å². The highest BCUT2D eigenvalue weighted by Crippen LogP contribution is 2.27. The molecule has 0 saturated carbocycles. The molecule has 0 aromatic heterocycles. The van der Waals surface area contributed by atoms with E-state index in [9.17, 15) is 0 Å². The number of benzene rings is 2. The van der Waals surface area contributed by atoms with Crippen LogP contribution in [-0.4, -0.2) is 19.9 Å². The molecule has 0 spiro atoms. The van der Waals surface area contributed by atoms with Crippen molar-refractivity contribution in [2.75, 3.05) is 19.1 Å². The molecule has 0 heterocycles. The summed E-state index contributed by atoms with van der Waals surface area (Å²) in [5.74, 6) is 1.47. The van der Waals surface area contributed by atoms with Gasteiger partial charge in [0.05, 0.1) is 25.6 Å². The van der Waals surface area contributed by atoms with Gasteiger partial charge >= 0.3 is 0 Å². The average molecular weight is 298 g/mol. The van der Waals surface area contributed by atoms with E-state index in [1.807, 2.05) is 42.5 Å². The molecule has 0 saturated heterocycles. The normalized spacial score (nSPS) is 10.7. The van der Waals surface area contributed by atoms with Crippen LogP contribution < -0.4 is 14.9 Å². The maximum Gasteiger partial charge on any atom is 0.161 e. The largest absolute Gasteiger partial charge is 0.493 e. The molecule has 22 heavy (non-hydrogen) atoms. The Morgan fingerprint density at radius 1 is 1.09 bits per heavy atom. The zero-order valence-electron chi connectivity index (χ0n) is 13.3. The smallest absolute Gasteiger partial charge is 0.161 e. The van der Waals surface area contributed by atoms with Gasteiger partial charge in [-0.25, -0.2) is 0 Å². The van der Waals surface area contributed by atoms with Crippen molar-refractivity contribution >= 4 is 11.9 Å². The predicted octanol–water partition coefficient (Wildman–Crippen LogP) is 4.24. The van der Waals surface area contributed by atoms with Crippen molar-refractivity contribution in [2.45, 2.75) is 20.3 Å². The molecule has 116 valence electrons. The molecule has 0 unspecified atom stereocenters. The fourth-order valence-electron chi connectivity index (χ4n) is 1.91. The van der Waals surface area contributed by atoms with Crippen LogP contribution in [0.4, 0.5) is 5.69 Å². The van der Waals surface area contributed by atoms with Crippen molar-refractivity contribution in [1.29, 1.82) is 0 Å². The van der Waals surface area contributed by atoms with Gasteiger partial charge in [0.15, 0.2) is 11.5 Å². The quantitative estimate of drug-likeness (QED) is 0.614. The molecule has 0 amide bonds. The summed E-state index contributed by atoms with van der Waals surface area (Å²) in [6.45, 7) is 4.80. The van der Waals surface area contributed by atoms with E-state index in [0.717, 1.165) is 29.2 Å². The summed E-state index contributed by atoms with van der Waals surface area (Å²) in [6.07, 6.45) is 2.72. The van der Waals surface area contributed by atoms with Crippen molar-refractivity contribution in [3.63, 3.8) is 0 Å². The maximum atomic E-state index is 5.69. The van der Waals surface area contributed by atoms with Crippen LogP contribution >= 0.6 is 0 Å². The van der Waals surface area contributed by atoms with Gasteiger partial charge in [-0.05, 0) is 49.2 Å². The fraction of sp³-hybridized carbons (Fsp3) is 0.278. The molecule has 0 aliphatic carbocycles. The Morgan fingerprint density at radius 3 is 2.55 bits per heavy atom. The number of aryl methyl sites for hydroxylation is 1. The predicted molar refractivity (Wildman–Crippen MR) is 91.2 cm³/mol. The fourth-order valence-corrected chi connectivity index (χ4v) is 1.91. The zero-order chi connectivity index (χ0) is 15.8. The van der Waals surface area contributed by atoms with Crippen LogP contribution in [0.5, 0.6) is 11.5 Å². The van der Waals surface area contributed by atoms with E-state index in [1.54, 1.807) is 13.3 Å². The van der Waals surface area contributed by atoms with Gasteiger partial charge in [-0.15, -0.1) is 0 Å². The summed E-state index contributed by atoms with van der Waals surface area (Å²) in [6, 6.07) is 13.8. The second kappa shape index (κ2) is 8.08. The lowest BCUT2D eigenvalue weighted by atomic mass is 10.2. The molecule has 0 radical (unpaired) electrons. The monoisotopic (exact) mass is 298 g/mol. The molecule has 0 aliphatic rings. The van der Waals surface area contributed by atoms with Crippen molar-refractivity contribution in [1.82, 2.24) is 0 Å². The van der Waals surface area contributed by atoms with Crippen LogP contribution in [0.25, 0.3) is 0 Å². The number of methoxy groups -OCH3 is 1. The van der Waals surface area contributed by atoms with Crippen molar-refractivity contribution in [2.24, 2.45) is 5.10 Å². The third kappa shape index (κ3) is 4.52. The molecular weight excluding hydrogens is 276 g/mol.